The number of amides is 1. The fourth-order valence-electron chi connectivity index (χ4n) is 2.96. The van der Waals surface area contributed by atoms with Crippen molar-refractivity contribution in [3.63, 3.8) is 0 Å². The Bertz CT molecular complexity index is 977. The van der Waals surface area contributed by atoms with E-state index in [0.29, 0.717) is 17.0 Å². The molecule has 1 atom stereocenters. The summed E-state index contributed by atoms with van der Waals surface area (Å²) in [6.07, 6.45) is 1.01. The molecular weight excluding hydrogens is 344 g/mol. The summed E-state index contributed by atoms with van der Waals surface area (Å²) in [7, 11) is 0. The highest BCUT2D eigenvalue weighted by atomic mass is 16.6. The summed E-state index contributed by atoms with van der Waals surface area (Å²) in [4.78, 5) is 30.1. The number of imidazole rings is 1. The number of fused-ring (bicyclic) bond motifs is 1. The number of carbonyl (C=O) groups is 1. The fraction of sp³-hybridized carbons (Fsp3) is 0.300. The van der Waals surface area contributed by atoms with Crippen molar-refractivity contribution in [2.75, 3.05) is 5.32 Å². The van der Waals surface area contributed by atoms with E-state index >= 15 is 0 Å². The molecule has 1 aromatic heterocycles. The third-order valence-electron chi connectivity index (χ3n) is 4.43. The van der Waals surface area contributed by atoms with Crippen LogP contribution >= 0.6 is 0 Å². The molecule has 0 aliphatic heterocycles. The molecule has 2 N–H and O–H groups in total. The number of nitrogens with one attached hydrogen (secondary N) is 2. The van der Waals surface area contributed by atoms with Crippen LogP contribution in [0.5, 0.6) is 0 Å². The summed E-state index contributed by atoms with van der Waals surface area (Å²) in [6.45, 7) is 6.18. The van der Waals surface area contributed by atoms with Crippen molar-refractivity contribution >= 4 is 28.6 Å². The van der Waals surface area contributed by atoms with Gasteiger partial charge < -0.3 is 4.98 Å². The van der Waals surface area contributed by atoms with Crippen LogP contribution in [-0.2, 0) is 11.2 Å². The summed E-state index contributed by atoms with van der Waals surface area (Å²) >= 11 is 0. The molecule has 1 heterocycles. The number of H-pyrrole nitrogens is 1. The zero-order valence-electron chi connectivity index (χ0n) is 15.5. The number of anilines is 1. The first kappa shape index (κ1) is 18.6. The average Bonchev–Trinajstić information content (AvgIpc) is 3.02. The molecule has 0 saturated carbocycles. The number of benzene rings is 2. The largest absolute Gasteiger partial charge is 0.324 e. The quantitative estimate of drug-likeness (QED) is 0.498. The molecule has 2 aromatic carbocycles. The maximum Gasteiger partial charge on any atom is 0.271 e. The number of nitro benzene ring substituents is 1. The van der Waals surface area contributed by atoms with E-state index in [1.165, 1.54) is 17.7 Å². The third-order valence-corrected chi connectivity index (χ3v) is 4.43. The molecule has 27 heavy (non-hydrogen) atoms. The molecular formula is C20H22N4O3. The number of nitro groups is 1. The van der Waals surface area contributed by atoms with E-state index < -0.39 is 4.92 Å². The molecule has 0 radical (unpaired) electrons. The standard InChI is InChI=1S/C20H22N4O3/c1-12(2)10-14-4-6-15(7-5-14)13(3)19(25)23-20-21-17-9-8-16(24(26)27)11-18(17)22-20/h4-9,11-13H,10H2,1-3H3,(H2,21,22,23,25). The monoisotopic (exact) mass is 366 g/mol. The minimum absolute atomic E-state index is 0.0288. The van der Waals surface area contributed by atoms with E-state index in [4.69, 9.17) is 0 Å². The first-order valence-electron chi connectivity index (χ1n) is 8.87. The fourth-order valence-corrected chi connectivity index (χ4v) is 2.96. The van der Waals surface area contributed by atoms with Crippen molar-refractivity contribution in [3.05, 3.63) is 63.7 Å². The Labute approximate surface area is 157 Å². The summed E-state index contributed by atoms with van der Waals surface area (Å²) in [5, 5.41) is 13.6. The number of non-ortho nitro benzene ring substituents is 1. The summed E-state index contributed by atoms with van der Waals surface area (Å²) in [6, 6.07) is 12.4. The van der Waals surface area contributed by atoms with E-state index in [1.54, 1.807) is 6.07 Å². The van der Waals surface area contributed by atoms with E-state index in [2.05, 4.69) is 41.3 Å². The van der Waals surface area contributed by atoms with Gasteiger partial charge in [-0.2, -0.15) is 0 Å². The van der Waals surface area contributed by atoms with Gasteiger partial charge in [-0.05, 0) is 36.5 Å². The van der Waals surface area contributed by atoms with Crippen LogP contribution in [0.4, 0.5) is 11.6 Å². The van der Waals surface area contributed by atoms with Gasteiger partial charge in [0.15, 0.2) is 0 Å². The summed E-state index contributed by atoms with van der Waals surface area (Å²) in [5.41, 5.74) is 3.21. The minimum atomic E-state index is -0.469. The van der Waals surface area contributed by atoms with Crippen LogP contribution < -0.4 is 5.32 Å². The van der Waals surface area contributed by atoms with E-state index in [9.17, 15) is 14.9 Å². The molecule has 140 valence electrons. The van der Waals surface area contributed by atoms with Crippen LogP contribution in [0.25, 0.3) is 11.0 Å². The van der Waals surface area contributed by atoms with Crippen LogP contribution in [0.3, 0.4) is 0 Å². The smallest absolute Gasteiger partial charge is 0.271 e. The lowest BCUT2D eigenvalue weighted by atomic mass is 9.96. The predicted molar refractivity (Wildman–Crippen MR) is 105 cm³/mol. The van der Waals surface area contributed by atoms with Gasteiger partial charge in [-0.25, -0.2) is 4.98 Å². The Hall–Kier alpha value is -3.22. The van der Waals surface area contributed by atoms with Crippen LogP contribution in [-0.4, -0.2) is 20.8 Å². The molecule has 0 bridgehead atoms. The highest BCUT2D eigenvalue weighted by Crippen LogP contribution is 2.22. The van der Waals surface area contributed by atoms with E-state index in [0.717, 1.165) is 12.0 Å². The number of aromatic nitrogens is 2. The normalized spacial score (nSPS) is 12.3. The average molecular weight is 366 g/mol. The van der Waals surface area contributed by atoms with Crippen LogP contribution in [0, 0.1) is 16.0 Å². The van der Waals surface area contributed by atoms with Gasteiger partial charge in [0.25, 0.3) is 5.69 Å². The first-order valence-corrected chi connectivity index (χ1v) is 8.87. The van der Waals surface area contributed by atoms with Crippen LogP contribution in [0.15, 0.2) is 42.5 Å². The number of hydrogen-bond donors (Lipinski definition) is 2. The van der Waals surface area contributed by atoms with Gasteiger partial charge in [0, 0.05) is 12.1 Å². The second-order valence-corrected chi connectivity index (χ2v) is 7.09. The van der Waals surface area contributed by atoms with Gasteiger partial charge in [0.05, 0.1) is 21.9 Å². The minimum Gasteiger partial charge on any atom is -0.324 e. The molecule has 0 aliphatic rings. The van der Waals surface area contributed by atoms with Crippen molar-refractivity contribution in [1.29, 1.82) is 0 Å². The zero-order chi connectivity index (χ0) is 19.6. The molecule has 7 nitrogen and oxygen atoms in total. The lowest BCUT2D eigenvalue weighted by Crippen LogP contribution is -2.19. The molecule has 0 saturated heterocycles. The maximum atomic E-state index is 12.5. The second-order valence-electron chi connectivity index (χ2n) is 7.09. The van der Waals surface area contributed by atoms with Crippen molar-refractivity contribution in [2.24, 2.45) is 5.92 Å². The summed E-state index contributed by atoms with van der Waals surface area (Å²) in [5.74, 6) is 0.320. The first-order chi connectivity index (χ1) is 12.8. The van der Waals surface area contributed by atoms with Crippen molar-refractivity contribution in [1.82, 2.24) is 9.97 Å². The van der Waals surface area contributed by atoms with Crippen molar-refractivity contribution in [2.45, 2.75) is 33.1 Å². The Balaban J connectivity index is 1.72. The number of hydrogen-bond acceptors (Lipinski definition) is 4. The van der Waals surface area contributed by atoms with Gasteiger partial charge in [0.1, 0.15) is 0 Å². The number of nitrogens with zero attached hydrogens (tertiary/aromatic N) is 2. The lowest BCUT2D eigenvalue weighted by molar-refractivity contribution is -0.384. The topological polar surface area (TPSA) is 101 Å². The number of rotatable bonds is 6. The van der Waals surface area contributed by atoms with E-state index in [1.807, 2.05) is 19.1 Å². The molecule has 0 spiro atoms. The highest BCUT2D eigenvalue weighted by molar-refractivity contribution is 5.95. The van der Waals surface area contributed by atoms with Crippen molar-refractivity contribution in [3.8, 4) is 0 Å². The third kappa shape index (κ3) is 4.31. The molecule has 0 aliphatic carbocycles. The van der Waals surface area contributed by atoms with Crippen molar-refractivity contribution < 1.29 is 9.72 Å². The molecule has 7 heteroatoms. The van der Waals surface area contributed by atoms with Gasteiger partial charge in [-0.3, -0.25) is 20.2 Å². The van der Waals surface area contributed by atoms with E-state index in [-0.39, 0.29) is 23.5 Å². The van der Waals surface area contributed by atoms with Gasteiger partial charge >= 0.3 is 0 Å². The maximum absolute atomic E-state index is 12.5. The number of carbonyl (C=O) groups excluding carboxylic acids is 1. The van der Waals surface area contributed by atoms with Crippen LogP contribution in [0.1, 0.15) is 37.8 Å². The highest BCUT2D eigenvalue weighted by Gasteiger charge is 2.17. The Kier molecular flexibility index (Phi) is 5.21. The lowest BCUT2D eigenvalue weighted by Gasteiger charge is -2.12. The Morgan fingerprint density at radius 2 is 1.89 bits per heavy atom. The van der Waals surface area contributed by atoms with Gasteiger partial charge in [-0.1, -0.05) is 38.1 Å². The molecule has 1 amide bonds. The molecule has 3 aromatic rings. The molecule has 0 fully saturated rings. The Morgan fingerprint density at radius 3 is 2.52 bits per heavy atom. The second kappa shape index (κ2) is 7.57. The zero-order valence-corrected chi connectivity index (χ0v) is 15.5. The Morgan fingerprint density at radius 1 is 1.19 bits per heavy atom. The molecule has 3 rings (SSSR count). The summed E-state index contributed by atoms with van der Waals surface area (Å²) < 4.78 is 0. The SMILES string of the molecule is CC(C)Cc1ccc(C(C)C(=O)Nc2nc3ccc([N+](=O)[O-])cc3[nH]2)cc1. The predicted octanol–water partition coefficient (Wildman–Crippen LogP) is 4.41. The molecule has 1 unspecified atom stereocenters. The number of aromatic amines is 1. The van der Waals surface area contributed by atoms with Crippen LogP contribution in [0.2, 0.25) is 0 Å². The van der Waals surface area contributed by atoms with Gasteiger partial charge in [0.2, 0.25) is 11.9 Å². The van der Waals surface area contributed by atoms with Gasteiger partial charge in [-0.15, -0.1) is 0 Å².